The molecule has 0 heterocycles. The number of benzene rings is 2. The maximum atomic E-state index is 9.56. The van der Waals surface area contributed by atoms with E-state index in [0.717, 1.165) is 16.5 Å². The van der Waals surface area contributed by atoms with Crippen molar-refractivity contribution in [2.45, 2.75) is 13.8 Å². The van der Waals surface area contributed by atoms with Gasteiger partial charge in [0.2, 0.25) is 0 Å². The first-order chi connectivity index (χ1) is 7.33. The highest BCUT2D eigenvalue weighted by Crippen LogP contribution is 2.29. The van der Waals surface area contributed by atoms with Crippen LogP contribution in [0.2, 0.25) is 0 Å². The third kappa shape index (κ3) is 2.21. The molecule has 0 saturated heterocycles. The van der Waals surface area contributed by atoms with Gasteiger partial charge in [-0.15, -0.1) is 0 Å². The molecule has 0 saturated carbocycles. The van der Waals surface area contributed by atoms with E-state index in [1.54, 1.807) is 6.07 Å². The summed E-state index contributed by atoms with van der Waals surface area (Å²) in [7, 11) is 1.87. The average molecular weight is 203 g/mol. The highest BCUT2D eigenvalue weighted by molar-refractivity contribution is 5.97. The molecule has 2 nitrogen and oxygen atoms in total. The number of phenols is 1. The van der Waals surface area contributed by atoms with Crippen molar-refractivity contribution in [2.24, 2.45) is 0 Å². The van der Waals surface area contributed by atoms with E-state index in [2.05, 4.69) is 5.32 Å². The molecule has 2 heteroatoms. The zero-order valence-electron chi connectivity index (χ0n) is 9.41. The average Bonchev–Trinajstić information content (AvgIpc) is 2.32. The zero-order chi connectivity index (χ0) is 11.3. The SMILES string of the molecule is CC.CNc1cccc2c(O)cccc12. The molecule has 15 heavy (non-hydrogen) atoms. The molecule has 2 aromatic rings. The predicted molar refractivity (Wildman–Crippen MR) is 66.5 cm³/mol. The second-order valence-corrected chi connectivity index (χ2v) is 2.93. The molecule has 0 amide bonds. The summed E-state index contributed by atoms with van der Waals surface area (Å²) in [6, 6.07) is 11.3. The van der Waals surface area contributed by atoms with E-state index in [4.69, 9.17) is 0 Å². The van der Waals surface area contributed by atoms with Gasteiger partial charge in [0.15, 0.2) is 0 Å². The number of nitrogens with one attached hydrogen (secondary N) is 1. The van der Waals surface area contributed by atoms with Gasteiger partial charge in [0, 0.05) is 23.5 Å². The molecule has 0 aliphatic carbocycles. The summed E-state index contributed by atoms with van der Waals surface area (Å²) in [4.78, 5) is 0. The van der Waals surface area contributed by atoms with Crippen molar-refractivity contribution >= 4 is 16.5 Å². The first-order valence-corrected chi connectivity index (χ1v) is 5.21. The van der Waals surface area contributed by atoms with E-state index in [9.17, 15) is 5.11 Å². The molecule has 0 fully saturated rings. The van der Waals surface area contributed by atoms with Gasteiger partial charge < -0.3 is 10.4 Å². The smallest absolute Gasteiger partial charge is 0.123 e. The largest absolute Gasteiger partial charge is 0.507 e. The molecule has 2 N–H and O–H groups in total. The minimum Gasteiger partial charge on any atom is -0.507 e. The summed E-state index contributed by atoms with van der Waals surface area (Å²) in [5.74, 6) is 0.328. The quantitative estimate of drug-likeness (QED) is 0.742. The minimum absolute atomic E-state index is 0.328. The van der Waals surface area contributed by atoms with Gasteiger partial charge in [0.25, 0.3) is 0 Å². The summed E-state index contributed by atoms with van der Waals surface area (Å²) in [6.07, 6.45) is 0. The fourth-order valence-corrected chi connectivity index (χ4v) is 1.51. The van der Waals surface area contributed by atoms with Gasteiger partial charge >= 0.3 is 0 Å². The molecule has 0 bridgehead atoms. The molecular formula is C13H17NO. The zero-order valence-corrected chi connectivity index (χ0v) is 9.41. The number of fused-ring (bicyclic) bond motifs is 1. The minimum atomic E-state index is 0.328. The van der Waals surface area contributed by atoms with Crippen LogP contribution in [0.3, 0.4) is 0 Å². The Labute approximate surface area is 90.6 Å². The van der Waals surface area contributed by atoms with Crippen molar-refractivity contribution in [3.05, 3.63) is 36.4 Å². The molecule has 80 valence electrons. The molecule has 0 aliphatic rings. The summed E-state index contributed by atoms with van der Waals surface area (Å²) in [5, 5.41) is 14.6. The van der Waals surface area contributed by atoms with Crippen molar-refractivity contribution in [1.29, 1.82) is 0 Å². The van der Waals surface area contributed by atoms with Gasteiger partial charge in [-0.3, -0.25) is 0 Å². The van der Waals surface area contributed by atoms with Crippen LogP contribution in [0, 0.1) is 0 Å². The Kier molecular flexibility index (Phi) is 3.98. The van der Waals surface area contributed by atoms with Gasteiger partial charge in [-0.1, -0.05) is 38.1 Å². The van der Waals surface area contributed by atoms with Crippen LogP contribution in [0.1, 0.15) is 13.8 Å². The first-order valence-electron chi connectivity index (χ1n) is 5.21. The summed E-state index contributed by atoms with van der Waals surface area (Å²) >= 11 is 0. The Morgan fingerprint density at radius 1 is 0.933 bits per heavy atom. The molecule has 0 radical (unpaired) electrons. The molecule has 0 aromatic heterocycles. The molecule has 0 aliphatic heterocycles. The van der Waals surface area contributed by atoms with Gasteiger partial charge in [0.05, 0.1) is 0 Å². The van der Waals surface area contributed by atoms with Crippen LogP contribution in [-0.4, -0.2) is 12.2 Å². The van der Waals surface area contributed by atoms with E-state index in [1.807, 2.05) is 51.2 Å². The Hall–Kier alpha value is -1.70. The van der Waals surface area contributed by atoms with Gasteiger partial charge in [-0.2, -0.15) is 0 Å². The van der Waals surface area contributed by atoms with Gasteiger partial charge in [-0.25, -0.2) is 0 Å². The highest BCUT2D eigenvalue weighted by atomic mass is 16.3. The number of anilines is 1. The molecule has 0 atom stereocenters. The summed E-state index contributed by atoms with van der Waals surface area (Å²) < 4.78 is 0. The number of hydrogen-bond donors (Lipinski definition) is 2. The van der Waals surface area contributed by atoms with Crippen molar-refractivity contribution in [3.63, 3.8) is 0 Å². The van der Waals surface area contributed by atoms with E-state index in [-0.39, 0.29) is 0 Å². The monoisotopic (exact) mass is 203 g/mol. The fraction of sp³-hybridized carbons (Fsp3) is 0.231. The van der Waals surface area contributed by atoms with Crippen LogP contribution in [0.5, 0.6) is 5.75 Å². The lowest BCUT2D eigenvalue weighted by Crippen LogP contribution is -1.88. The van der Waals surface area contributed by atoms with Gasteiger partial charge in [0.1, 0.15) is 5.75 Å². The molecule has 0 unspecified atom stereocenters. The van der Waals surface area contributed by atoms with Crippen LogP contribution in [-0.2, 0) is 0 Å². The molecular weight excluding hydrogens is 186 g/mol. The molecule has 2 rings (SSSR count). The summed E-state index contributed by atoms with van der Waals surface area (Å²) in [6.45, 7) is 4.00. The second-order valence-electron chi connectivity index (χ2n) is 2.93. The maximum Gasteiger partial charge on any atom is 0.123 e. The van der Waals surface area contributed by atoms with Crippen LogP contribution in [0.25, 0.3) is 10.8 Å². The van der Waals surface area contributed by atoms with Crippen LogP contribution in [0.15, 0.2) is 36.4 Å². The van der Waals surface area contributed by atoms with E-state index < -0.39 is 0 Å². The molecule has 2 aromatic carbocycles. The van der Waals surface area contributed by atoms with E-state index in [0.29, 0.717) is 5.75 Å². The van der Waals surface area contributed by atoms with Crippen LogP contribution < -0.4 is 5.32 Å². The Bertz CT molecular complexity index is 437. The van der Waals surface area contributed by atoms with E-state index >= 15 is 0 Å². The summed E-state index contributed by atoms with van der Waals surface area (Å²) in [5.41, 5.74) is 1.04. The van der Waals surface area contributed by atoms with Crippen molar-refractivity contribution < 1.29 is 5.11 Å². The maximum absolute atomic E-state index is 9.56. The number of aromatic hydroxyl groups is 1. The Morgan fingerprint density at radius 3 is 2.20 bits per heavy atom. The van der Waals surface area contributed by atoms with Crippen molar-refractivity contribution in [3.8, 4) is 5.75 Å². The lowest BCUT2D eigenvalue weighted by atomic mass is 10.1. The fourth-order valence-electron chi connectivity index (χ4n) is 1.51. The third-order valence-corrected chi connectivity index (χ3v) is 2.17. The van der Waals surface area contributed by atoms with Crippen LogP contribution in [0.4, 0.5) is 5.69 Å². The second kappa shape index (κ2) is 5.25. The lowest BCUT2D eigenvalue weighted by molar-refractivity contribution is 0.481. The highest BCUT2D eigenvalue weighted by Gasteiger charge is 2.01. The predicted octanol–water partition coefficient (Wildman–Crippen LogP) is 3.61. The topological polar surface area (TPSA) is 32.3 Å². The van der Waals surface area contributed by atoms with Crippen molar-refractivity contribution in [1.82, 2.24) is 0 Å². The third-order valence-electron chi connectivity index (χ3n) is 2.17. The normalized spacial score (nSPS) is 9.27. The van der Waals surface area contributed by atoms with E-state index in [1.165, 1.54) is 0 Å². The number of rotatable bonds is 1. The standard InChI is InChI=1S/C11H11NO.C2H6/c1-12-10-6-2-5-9-8(10)4-3-7-11(9)13;1-2/h2-7,12-13H,1H3;1-2H3. The molecule has 0 spiro atoms. The van der Waals surface area contributed by atoms with Gasteiger partial charge in [-0.05, 0) is 12.1 Å². The Morgan fingerprint density at radius 2 is 1.53 bits per heavy atom. The van der Waals surface area contributed by atoms with Crippen molar-refractivity contribution in [2.75, 3.05) is 12.4 Å². The first kappa shape index (κ1) is 11.4. The van der Waals surface area contributed by atoms with Crippen LogP contribution >= 0.6 is 0 Å². The Balaban J connectivity index is 0.000000531. The lowest BCUT2D eigenvalue weighted by Gasteiger charge is -2.06. The number of hydrogen-bond acceptors (Lipinski definition) is 2. The number of phenolic OH excluding ortho intramolecular Hbond substituents is 1.